The minimum Gasteiger partial charge on any atom is -0.330 e. The van der Waals surface area contributed by atoms with Crippen molar-refractivity contribution in [2.45, 2.75) is 19.8 Å². The van der Waals surface area contributed by atoms with Gasteiger partial charge in [0.25, 0.3) is 5.91 Å². The molecule has 0 bridgehead atoms. The van der Waals surface area contributed by atoms with Crippen LogP contribution in [0.15, 0.2) is 16.7 Å². The lowest BCUT2D eigenvalue weighted by atomic mass is 9.99. The zero-order valence-electron chi connectivity index (χ0n) is 9.09. The molecule has 1 aliphatic rings. The Hall–Kier alpha value is -1.27. The Morgan fingerprint density at radius 3 is 3.06 bits per heavy atom. The van der Waals surface area contributed by atoms with E-state index < -0.39 is 0 Å². The quantitative estimate of drug-likeness (QED) is 0.857. The Morgan fingerprint density at radius 1 is 1.62 bits per heavy atom. The molecule has 0 spiro atoms. The Kier molecular flexibility index (Phi) is 3.31. The summed E-state index contributed by atoms with van der Waals surface area (Å²) in [6.45, 7) is 2.49. The van der Waals surface area contributed by atoms with E-state index in [2.05, 4.69) is 10.1 Å². The molecule has 0 aromatic carbocycles. The summed E-state index contributed by atoms with van der Waals surface area (Å²) >= 11 is 1.41. The molecule has 1 unspecified atom stereocenters. The van der Waals surface area contributed by atoms with Crippen molar-refractivity contribution in [3.8, 4) is 0 Å². The number of hydrogen-bond acceptors (Lipinski definition) is 5. The summed E-state index contributed by atoms with van der Waals surface area (Å²) in [4.78, 5) is 16.1. The number of rotatable bonds is 4. The maximum Gasteiger partial charge on any atom is 0.258 e. The number of aromatic nitrogens is 1. The first-order valence-corrected chi connectivity index (χ1v) is 6.10. The van der Waals surface area contributed by atoms with Crippen LogP contribution >= 0.6 is 11.3 Å². The van der Waals surface area contributed by atoms with Crippen molar-refractivity contribution in [2.75, 3.05) is 11.6 Å². The second-order valence-electron chi connectivity index (χ2n) is 3.69. The predicted molar refractivity (Wildman–Crippen MR) is 64.5 cm³/mol. The van der Waals surface area contributed by atoms with Crippen LogP contribution in [0.3, 0.4) is 0 Å². The van der Waals surface area contributed by atoms with Crippen molar-refractivity contribution in [3.05, 3.63) is 11.6 Å². The van der Waals surface area contributed by atoms with Gasteiger partial charge in [-0.1, -0.05) is 0 Å². The molecule has 2 rings (SSSR count). The first kappa shape index (κ1) is 11.2. The van der Waals surface area contributed by atoms with E-state index in [-0.39, 0.29) is 11.8 Å². The van der Waals surface area contributed by atoms with Gasteiger partial charge in [-0.2, -0.15) is 10.1 Å². The lowest BCUT2D eigenvalue weighted by Crippen LogP contribution is -2.27. The minimum absolute atomic E-state index is 0.0147. The summed E-state index contributed by atoms with van der Waals surface area (Å²) in [5, 5.41) is 8.13. The summed E-state index contributed by atoms with van der Waals surface area (Å²) < 4.78 is 0. The summed E-state index contributed by atoms with van der Waals surface area (Å²) in [7, 11) is 0. The molecule has 86 valence electrons. The monoisotopic (exact) mass is 238 g/mol. The van der Waals surface area contributed by atoms with Crippen molar-refractivity contribution in [2.24, 2.45) is 16.8 Å². The molecule has 2 heterocycles. The van der Waals surface area contributed by atoms with Gasteiger partial charge < -0.3 is 5.73 Å². The molecule has 2 N–H and O–H groups in total. The average Bonchev–Trinajstić information content (AvgIpc) is 2.86. The van der Waals surface area contributed by atoms with Gasteiger partial charge in [-0.05, 0) is 26.3 Å². The van der Waals surface area contributed by atoms with E-state index >= 15 is 0 Å². The van der Waals surface area contributed by atoms with E-state index in [1.807, 2.05) is 12.3 Å². The molecule has 0 radical (unpaired) electrons. The van der Waals surface area contributed by atoms with Crippen molar-refractivity contribution in [1.82, 2.24) is 4.98 Å². The van der Waals surface area contributed by atoms with E-state index in [0.717, 1.165) is 18.6 Å². The zero-order chi connectivity index (χ0) is 11.5. The van der Waals surface area contributed by atoms with Crippen LogP contribution in [0.5, 0.6) is 0 Å². The number of amides is 1. The largest absolute Gasteiger partial charge is 0.330 e. The number of carbonyl (C=O) groups is 1. The second kappa shape index (κ2) is 4.71. The smallest absolute Gasteiger partial charge is 0.258 e. The lowest BCUT2D eigenvalue weighted by Gasteiger charge is -2.10. The molecule has 16 heavy (non-hydrogen) atoms. The van der Waals surface area contributed by atoms with E-state index in [0.29, 0.717) is 11.7 Å². The molecule has 1 aromatic heterocycles. The molecule has 0 fully saturated rings. The maximum atomic E-state index is 12.1. The number of thiazole rings is 1. The number of nitrogens with two attached hydrogens (primary N) is 1. The molecular weight excluding hydrogens is 224 g/mol. The number of hydrogen-bond donors (Lipinski definition) is 1. The molecule has 6 heteroatoms. The molecule has 0 aliphatic carbocycles. The van der Waals surface area contributed by atoms with Gasteiger partial charge in [-0.25, -0.2) is 4.98 Å². The molecule has 0 saturated carbocycles. The van der Waals surface area contributed by atoms with Gasteiger partial charge in [-0.3, -0.25) is 4.79 Å². The normalized spacial score (nSPS) is 20.4. The van der Waals surface area contributed by atoms with Crippen LogP contribution in [-0.4, -0.2) is 23.1 Å². The highest BCUT2D eigenvalue weighted by Crippen LogP contribution is 2.27. The number of carbonyl (C=O) groups excluding carboxylic acids is 1. The topological polar surface area (TPSA) is 71.6 Å². The van der Waals surface area contributed by atoms with Gasteiger partial charge in [0.1, 0.15) is 0 Å². The molecule has 1 aromatic rings. The van der Waals surface area contributed by atoms with Crippen molar-refractivity contribution >= 4 is 28.1 Å². The summed E-state index contributed by atoms with van der Waals surface area (Å²) in [5.41, 5.74) is 6.31. The Labute approximate surface area is 98.0 Å². The van der Waals surface area contributed by atoms with E-state index in [9.17, 15) is 4.79 Å². The van der Waals surface area contributed by atoms with Crippen LogP contribution in [-0.2, 0) is 4.79 Å². The van der Waals surface area contributed by atoms with Gasteiger partial charge in [0, 0.05) is 17.3 Å². The van der Waals surface area contributed by atoms with Crippen LogP contribution < -0.4 is 10.7 Å². The lowest BCUT2D eigenvalue weighted by molar-refractivity contribution is -0.119. The van der Waals surface area contributed by atoms with Gasteiger partial charge in [0.15, 0.2) is 0 Å². The van der Waals surface area contributed by atoms with Crippen LogP contribution in [0, 0.1) is 5.92 Å². The molecule has 0 saturated heterocycles. The zero-order valence-corrected chi connectivity index (χ0v) is 9.91. The highest BCUT2D eigenvalue weighted by atomic mass is 32.1. The first-order chi connectivity index (χ1) is 7.74. The summed E-state index contributed by atoms with van der Waals surface area (Å²) in [5.74, 6) is -0.103. The second-order valence-corrected chi connectivity index (χ2v) is 4.56. The third kappa shape index (κ3) is 1.98. The van der Waals surface area contributed by atoms with E-state index in [4.69, 9.17) is 5.73 Å². The van der Waals surface area contributed by atoms with E-state index in [1.165, 1.54) is 16.3 Å². The fourth-order valence-corrected chi connectivity index (χ4v) is 2.31. The maximum absolute atomic E-state index is 12.1. The highest BCUT2D eigenvalue weighted by Gasteiger charge is 2.34. The van der Waals surface area contributed by atoms with Crippen LogP contribution in [0.2, 0.25) is 0 Å². The fraction of sp³-hybridized carbons (Fsp3) is 0.500. The Bertz CT molecular complexity index is 401. The van der Waals surface area contributed by atoms with Crippen molar-refractivity contribution < 1.29 is 4.79 Å². The Balaban J connectivity index is 2.13. The van der Waals surface area contributed by atoms with E-state index in [1.54, 1.807) is 6.20 Å². The van der Waals surface area contributed by atoms with Crippen molar-refractivity contribution in [3.63, 3.8) is 0 Å². The molecule has 5 nitrogen and oxygen atoms in total. The summed E-state index contributed by atoms with van der Waals surface area (Å²) in [6, 6.07) is 0. The standard InChI is InChI=1S/C10H14N4OS/c1-7-8(3-2-4-11)9(15)14(13-7)10-12-5-6-16-10/h5-6,8H,2-4,11H2,1H3. The number of hydrazone groups is 1. The Morgan fingerprint density at radius 2 is 2.44 bits per heavy atom. The minimum atomic E-state index is -0.118. The van der Waals surface area contributed by atoms with Crippen LogP contribution in [0.25, 0.3) is 0 Å². The fourth-order valence-electron chi connectivity index (χ4n) is 1.71. The SMILES string of the molecule is CC1=NN(c2nccs2)C(=O)C1CCCN. The van der Waals surface area contributed by atoms with Crippen LogP contribution in [0.4, 0.5) is 5.13 Å². The van der Waals surface area contributed by atoms with Gasteiger partial charge >= 0.3 is 0 Å². The number of nitrogens with zero attached hydrogens (tertiary/aromatic N) is 3. The third-order valence-corrected chi connectivity index (χ3v) is 3.31. The molecular formula is C10H14N4OS. The van der Waals surface area contributed by atoms with Crippen LogP contribution in [0.1, 0.15) is 19.8 Å². The van der Waals surface area contributed by atoms with Crippen molar-refractivity contribution in [1.29, 1.82) is 0 Å². The molecule has 1 amide bonds. The van der Waals surface area contributed by atoms with Gasteiger partial charge in [0.2, 0.25) is 5.13 Å². The molecule has 1 aliphatic heterocycles. The first-order valence-electron chi connectivity index (χ1n) is 5.22. The van der Waals surface area contributed by atoms with Gasteiger partial charge in [0.05, 0.1) is 5.92 Å². The third-order valence-electron chi connectivity index (χ3n) is 2.57. The number of anilines is 1. The predicted octanol–water partition coefficient (Wildman–Crippen LogP) is 1.22. The highest BCUT2D eigenvalue weighted by molar-refractivity contribution is 7.13. The molecule has 1 atom stereocenters. The summed E-state index contributed by atoms with van der Waals surface area (Å²) in [6.07, 6.45) is 3.28. The average molecular weight is 238 g/mol. The van der Waals surface area contributed by atoms with Gasteiger partial charge in [-0.15, -0.1) is 11.3 Å².